The number of phenols is 2. The topological polar surface area (TPSA) is 96.0 Å². The average Bonchev–Trinajstić information content (AvgIpc) is 2.54. The largest absolute Gasteiger partial charge is 0.504 e. The van der Waals surface area contributed by atoms with Gasteiger partial charge in [-0.1, -0.05) is 53.7 Å². The van der Waals surface area contributed by atoms with Gasteiger partial charge in [-0.15, -0.1) is 0 Å². The number of phenolic OH excluding ortho intramolecular Hbond substituents is 2. The second-order valence-corrected chi connectivity index (χ2v) is 8.62. The zero-order chi connectivity index (χ0) is 20.6. The van der Waals surface area contributed by atoms with Gasteiger partial charge in [0.2, 0.25) is 0 Å². The van der Waals surface area contributed by atoms with E-state index in [1.807, 2.05) is 47.6 Å². The number of aromatic hydroxyl groups is 2. The number of aliphatic imine (C=N–C) groups is 1. The molecule has 6 nitrogen and oxygen atoms in total. The third kappa shape index (κ3) is 4.45. The van der Waals surface area contributed by atoms with Gasteiger partial charge in [0, 0.05) is 29.5 Å². The van der Waals surface area contributed by atoms with Gasteiger partial charge in [0.05, 0.1) is 10.6 Å². The van der Waals surface area contributed by atoms with Crippen molar-refractivity contribution in [3.8, 4) is 11.5 Å². The molecule has 0 aliphatic rings. The Hall–Kier alpha value is -2.89. The van der Waals surface area contributed by atoms with E-state index < -0.39 is 4.92 Å². The molecule has 2 aromatic rings. The van der Waals surface area contributed by atoms with Gasteiger partial charge < -0.3 is 10.2 Å². The molecule has 0 aliphatic heterocycles. The summed E-state index contributed by atoms with van der Waals surface area (Å²) in [6, 6.07) is 7.83. The fraction of sp³-hybridized carbons (Fsp3) is 0.381. The summed E-state index contributed by atoms with van der Waals surface area (Å²) in [5.41, 5.74) is 1.56. The molecule has 0 radical (unpaired) electrons. The lowest BCUT2D eigenvalue weighted by atomic mass is 9.77. The van der Waals surface area contributed by atoms with Crippen LogP contribution in [-0.2, 0) is 10.8 Å². The van der Waals surface area contributed by atoms with Crippen LogP contribution >= 0.6 is 0 Å². The molecule has 2 aromatic carbocycles. The lowest BCUT2D eigenvalue weighted by Gasteiger charge is -2.28. The van der Waals surface area contributed by atoms with Crippen LogP contribution in [0.25, 0.3) is 0 Å². The number of nitro groups is 1. The van der Waals surface area contributed by atoms with Crippen LogP contribution in [0.2, 0.25) is 0 Å². The van der Waals surface area contributed by atoms with Crippen molar-refractivity contribution in [2.75, 3.05) is 0 Å². The molecule has 0 fully saturated rings. The average molecular weight is 370 g/mol. The molecule has 0 atom stereocenters. The van der Waals surface area contributed by atoms with E-state index in [9.17, 15) is 20.3 Å². The molecule has 0 saturated carbocycles. The number of benzene rings is 2. The first-order valence-electron chi connectivity index (χ1n) is 8.71. The summed E-state index contributed by atoms with van der Waals surface area (Å²) in [7, 11) is 0. The normalized spacial score (nSPS) is 12.5. The van der Waals surface area contributed by atoms with E-state index in [4.69, 9.17) is 0 Å². The lowest BCUT2D eigenvalue weighted by Crippen LogP contribution is -2.19. The first-order chi connectivity index (χ1) is 12.3. The molecule has 6 heteroatoms. The van der Waals surface area contributed by atoms with Gasteiger partial charge in [0.1, 0.15) is 0 Å². The Kier molecular flexibility index (Phi) is 5.31. The van der Waals surface area contributed by atoms with E-state index in [0.717, 1.165) is 5.56 Å². The smallest absolute Gasteiger partial charge is 0.271 e. The molecule has 27 heavy (non-hydrogen) atoms. The SMILES string of the molecule is CC(C)(C)c1cc(C(C)(C)C)c(C=Nc2cccc([N+](=O)[O-])c2)c(O)c1O. The second kappa shape index (κ2) is 7.02. The Labute approximate surface area is 159 Å². The highest BCUT2D eigenvalue weighted by Crippen LogP contribution is 2.43. The molecule has 0 amide bonds. The van der Waals surface area contributed by atoms with Gasteiger partial charge in [-0.3, -0.25) is 15.1 Å². The van der Waals surface area contributed by atoms with Crippen molar-refractivity contribution >= 4 is 17.6 Å². The van der Waals surface area contributed by atoms with Crippen LogP contribution in [0.3, 0.4) is 0 Å². The molecule has 0 saturated heterocycles. The molecular weight excluding hydrogens is 344 g/mol. The Morgan fingerprint density at radius 3 is 2.07 bits per heavy atom. The highest BCUT2D eigenvalue weighted by Gasteiger charge is 2.28. The summed E-state index contributed by atoms with van der Waals surface area (Å²) < 4.78 is 0. The number of nitro benzene ring substituents is 1. The van der Waals surface area contributed by atoms with E-state index in [-0.39, 0.29) is 28.0 Å². The summed E-state index contributed by atoms with van der Waals surface area (Å²) >= 11 is 0. The van der Waals surface area contributed by atoms with Crippen molar-refractivity contribution in [1.29, 1.82) is 0 Å². The van der Waals surface area contributed by atoms with E-state index in [1.54, 1.807) is 12.1 Å². The van der Waals surface area contributed by atoms with Crippen molar-refractivity contribution < 1.29 is 15.1 Å². The Bertz CT molecular complexity index is 904. The summed E-state index contributed by atoms with van der Waals surface area (Å²) in [5, 5.41) is 32.1. The molecule has 0 unspecified atom stereocenters. The third-order valence-corrected chi connectivity index (χ3v) is 4.31. The van der Waals surface area contributed by atoms with Gasteiger partial charge in [-0.25, -0.2) is 0 Å². The van der Waals surface area contributed by atoms with Gasteiger partial charge in [0.15, 0.2) is 11.5 Å². The maximum absolute atomic E-state index is 10.9. The van der Waals surface area contributed by atoms with E-state index in [1.165, 1.54) is 18.3 Å². The molecule has 0 bridgehead atoms. The fourth-order valence-corrected chi connectivity index (χ4v) is 2.82. The molecule has 2 N–H and O–H groups in total. The first-order valence-corrected chi connectivity index (χ1v) is 8.71. The standard InChI is InChI=1S/C21H26N2O4/c1-20(2,3)16-11-17(21(4,5)6)19(25)18(24)15(16)12-22-13-8-7-9-14(10-13)23(26)27/h7-12,24-25H,1-6H3. The van der Waals surface area contributed by atoms with Crippen LogP contribution in [0.5, 0.6) is 11.5 Å². The molecule has 0 aliphatic carbocycles. The fourth-order valence-electron chi connectivity index (χ4n) is 2.82. The van der Waals surface area contributed by atoms with Gasteiger partial charge in [-0.2, -0.15) is 0 Å². The number of rotatable bonds is 3. The summed E-state index contributed by atoms with van der Waals surface area (Å²) in [5.74, 6) is -0.405. The quantitative estimate of drug-likeness (QED) is 0.329. The van der Waals surface area contributed by atoms with Crippen molar-refractivity contribution in [2.45, 2.75) is 52.4 Å². The van der Waals surface area contributed by atoms with Crippen molar-refractivity contribution in [1.82, 2.24) is 0 Å². The summed E-state index contributed by atoms with van der Waals surface area (Å²) in [6.45, 7) is 11.9. The minimum Gasteiger partial charge on any atom is -0.504 e. The maximum Gasteiger partial charge on any atom is 0.271 e. The molecule has 0 spiro atoms. The van der Waals surface area contributed by atoms with E-state index >= 15 is 0 Å². The van der Waals surface area contributed by atoms with Crippen molar-refractivity contribution in [2.24, 2.45) is 4.99 Å². The van der Waals surface area contributed by atoms with Gasteiger partial charge in [-0.05, 0) is 22.5 Å². The van der Waals surface area contributed by atoms with Crippen LogP contribution < -0.4 is 0 Å². The molecule has 2 rings (SSSR count). The molecule has 0 heterocycles. The first kappa shape index (κ1) is 20.4. The van der Waals surface area contributed by atoms with Gasteiger partial charge >= 0.3 is 0 Å². The lowest BCUT2D eigenvalue weighted by molar-refractivity contribution is -0.384. The monoisotopic (exact) mass is 370 g/mol. The molecular formula is C21H26N2O4. The third-order valence-electron chi connectivity index (χ3n) is 4.31. The highest BCUT2D eigenvalue weighted by molar-refractivity contribution is 5.90. The Morgan fingerprint density at radius 1 is 0.963 bits per heavy atom. The molecule has 0 aromatic heterocycles. The highest BCUT2D eigenvalue weighted by atomic mass is 16.6. The van der Waals surface area contributed by atoms with Crippen LogP contribution in [-0.4, -0.2) is 21.4 Å². The number of hydrogen-bond acceptors (Lipinski definition) is 5. The van der Waals surface area contributed by atoms with E-state index in [0.29, 0.717) is 16.8 Å². The van der Waals surface area contributed by atoms with Crippen molar-refractivity contribution in [3.63, 3.8) is 0 Å². The predicted octanol–water partition coefficient (Wildman–Crippen LogP) is 5.35. The second-order valence-electron chi connectivity index (χ2n) is 8.62. The number of nitrogens with zero attached hydrogens (tertiary/aromatic N) is 2. The maximum atomic E-state index is 10.9. The zero-order valence-corrected chi connectivity index (χ0v) is 16.6. The Morgan fingerprint density at radius 2 is 1.56 bits per heavy atom. The number of hydrogen-bond donors (Lipinski definition) is 2. The minimum atomic E-state index is -0.485. The Balaban J connectivity index is 2.64. The minimum absolute atomic E-state index is 0.0594. The van der Waals surface area contributed by atoms with Crippen LogP contribution in [0.4, 0.5) is 11.4 Å². The van der Waals surface area contributed by atoms with Crippen LogP contribution in [0.1, 0.15) is 58.2 Å². The van der Waals surface area contributed by atoms with Crippen LogP contribution in [0.15, 0.2) is 35.3 Å². The summed E-state index contributed by atoms with van der Waals surface area (Å²) in [6.07, 6.45) is 1.45. The predicted molar refractivity (Wildman–Crippen MR) is 108 cm³/mol. The van der Waals surface area contributed by atoms with Gasteiger partial charge in [0.25, 0.3) is 5.69 Å². The van der Waals surface area contributed by atoms with Crippen LogP contribution in [0, 0.1) is 10.1 Å². The number of non-ortho nitro benzene ring substituents is 1. The van der Waals surface area contributed by atoms with E-state index in [2.05, 4.69) is 4.99 Å². The zero-order valence-electron chi connectivity index (χ0n) is 16.6. The summed E-state index contributed by atoms with van der Waals surface area (Å²) in [4.78, 5) is 14.7. The van der Waals surface area contributed by atoms with Crippen molar-refractivity contribution in [3.05, 3.63) is 57.1 Å². The molecule has 144 valence electrons.